The largest absolute Gasteiger partial charge is 0.433 e. The van der Waals surface area contributed by atoms with Crippen molar-refractivity contribution in [1.29, 1.82) is 0 Å². The minimum absolute atomic E-state index is 0.00738. The van der Waals surface area contributed by atoms with Gasteiger partial charge in [-0.15, -0.1) is 0 Å². The van der Waals surface area contributed by atoms with E-state index >= 15 is 0 Å². The first kappa shape index (κ1) is 19.6. The molecule has 6 nitrogen and oxygen atoms in total. The van der Waals surface area contributed by atoms with Gasteiger partial charge in [0.1, 0.15) is 5.82 Å². The molecule has 1 aromatic heterocycles. The van der Waals surface area contributed by atoms with Crippen molar-refractivity contribution in [2.24, 2.45) is 5.92 Å². The fourth-order valence-electron chi connectivity index (χ4n) is 3.88. The van der Waals surface area contributed by atoms with Gasteiger partial charge in [0.25, 0.3) is 0 Å². The van der Waals surface area contributed by atoms with Crippen LogP contribution < -0.4 is 0 Å². The summed E-state index contributed by atoms with van der Waals surface area (Å²) in [5.74, 6) is -0.857. The maximum Gasteiger partial charge on any atom is 0.433 e. The molecule has 1 saturated heterocycles. The van der Waals surface area contributed by atoms with Crippen LogP contribution >= 0.6 is 0 Å². The molecule has 1 unspecified atom stereocenters. The SMILES string of the molecule is CCN1CCCN(C(=O)C2CCc3nc(C)nc(C(F)(F)F)c3C2)CC1=O. The Hall–Kier alpha value is -2.19. The summed E-state index contributed by atoms with van der Waals surface area (Å²) in [7, 11) is 0. The predicted molar refractivity (Wildman–Crippen MR) is 90.7 cm³/mol. The van der Waals surface area contributed by atoms with Crippen molar-refractivity contribution in [2.45, 2.75) is 45.7 Å². The van der Waals surface area contributed by atoms with E-state index in [4.69, 9.17) is 0 Å². The Balaban J connectivity index is 1.81. The number of rotatable bonds is 2. The van der Waals surface area contributed by atoms with E-state index in [-0.39, 0.29) is 36.2 Å². The van der Waals surface area contributed by atoms with Crippen LogP contribution in [-0.2, 0) is 28.6 Å². The van der Waals surface area contributed by atoms with Gasteiger partial charge >= 0.3 is 6.18 Å². The molecule has 1 aliphatic heterocycles. The van der Waals surface area contributed by atoms with E-state index in [1.807, 2.05) is 6.92 Å². The fraction of sp³-hybridized carbons (Fsp3) is 0.667. The topological polar surface area (TPSA) is 66.4 Å². The second-order valence-corrected chi connectivity index (χ2v) is 7.07. The number of carbonyl (C=O) groups excluding carboxylic acids is 2. The van der Waals surface area contributed by atoms with Gasteiger partial charge in [-0.25, -0.2) is 9.97 Å². The maximum atomic E-state index is 13.4. The number of nitrogens with zero attached hydrogens (tertiary/aromatic N) is 4. The van der Waals surface area contributed by atoms with Crippen molar-refractivity contribution < 1.29 is 22.8 Å². The predicted octanol–water partition coefficient (Wildman–Crippen LogP) is 1.99. The molecule has 0 aromatic carbocycles. The van der Waals surface area contributed by atoms with E-state index in [1.54, 1.807) is 4.90 Å². The second kappa shape index (κ2) is 7.44. The Bertz CT molecular complexity index is 751. The van der Waals surface area contributed by atoms with E-state index in [1.165, 1.54) is 11.8 Å². The number of halogens is 3. The van der Waals surface area contributed by atoms with Crippen molar-refractivity contribution >= 4 is 11.8 Å². The first-order valence-corrected chi connectivity index (χ1v) is 9.20. The molecular weight excluding hydrogens is 361 g/mol. The fourth-order valence-corrected chi connectivity index (χ4v) is 3.88. The van der Waals surface area contributed by atoms with Crippen LogP contribution in [0.4, 0.5) is 13.2 Å². The van der Waals surface area contributed by atoms with Crippen molar-refractivity contribution in [3.63, 3.8) is 0 Å². The third-order valence-corrected chi connectivity index (χ3v) is 5.23. The van der Waals surface area contributed by atoms with Gasteiger partial charge in [0.05, 0.1) is 6.54 Å². The summed E-state index contributed by atoms with van der Waals surface area (Å²) in [4.78, 5) is 36.1. The molecule has 148 valence electrons. The third kappa shape index (κ3) is 4.06. The van der Waals surface area contributed by atoms with Crippen LogP contribution in [0.3, 0.4) is 0 Å². The lowest BCUT2D eigenvalue weighted by Gasteiger charge is -2.30. The molecule has 0 spiro atoms. The molecule has 2 aliphatic rings. The smallest absolute Gasteiger partial charge is 0.341 e. The van der Waals surface area contributed by atoms with Crippen LogP contribution in [0.2, 0.25) is 0 Å². The summed E-state index contributed by atoms with van der Waals surface area (Å²) >= 11 is 0. The van der Waals surface area contributed by atoms with Crippen LogP contribution in [0.25, 0.3) is 0 Å². The van der Waals surface area contributed by atoms with E-state index in [2.05, 4.69) is 9.97 Å². The molecule has 9 heteroatoms. The minimum Gasteiger partial charge on any atom is -0.341 e. The molecule has 1 aliphatic carbocycles. The van der Waals surface area contributed by atoms with Crippen molar-refractivity contribution in [3.8, 4) is 0 Å². The second-order valence-electron chi connectivity index (χ2n) is 7.07. The van der Waals surface area contributed by atoms with Gasteiger partial charge in [0, 0.05) is 36.8 Å². The van der Waals surface area contributed by atoms with Crippen molar-refractivity contribution in [2.75, 3.05) is 26.2 Å². The number of hydrogen-bond acceptors (Lipinski definition) is 4. The molecule has 27 heavy (non-hydrogen) atoms. The number of hydrogen-bond donors (Lipinski definition) is 0. The van der Waals surface area contributed by atoms with Gasteiger partial charge in [-0.05, 0) is 39.5 Å². The van der Waals surface area contributed by atoms with E-state index < -0.39 is 17.8 Å². The Morgan fingerprint density at radius 2 is 2.00 bits per heavy atom. The zero-order valence-electron chi connectivity index (χ0n) is 15.5. The average molecular weight is 384 g/mol. The lowest BCUT2D eigenvalue weighted by atomic mass is 9.84. The number of carbonyl (C=O) groups is 2. The monoisotopic (exact) mass is 384 g/mol. The molecule has 1 fully saturated rings. The highest BCUT2D eigenvalue weighted by Gasteiger charge is 2.40. The molecule has 0 saturated carbocycles. The van der Waals surface area contributed by atoms with Crippen molar-refractivity contribution in [1.82, 2.24) is 19.8 Å². The zero-order chi connectivity index (χ0) is 19.8. The van der Waals surface area contributed by atoms with Crippen LogP contribution in [0, 0.1) is 12.8 Å². The molecular formula is C18H23F3N4O2. The van der Waals surface area contributed by atoms with Gasteiger partial charge in [0.15, 0.2) is 5.69 Å². The Kier molecular flexibility index (Phi) is 5.39. The number of alkyl halides is 3. The molecule has 0 N–H and O–H groups in total. The lowest BCUT2D eigenvalue weighted by molar-refractivity contribution is -0.144. The number of likely N-dealkylation sites (N-methyl/N-ethyl adjacent to an activating group) is 1. The Labute approximate surface area is 155 Å². The van der Waals surface area contributed by atoms with Crippen LogP contribution in [0.1, 0.15) is 42.5 Å². The number of aryl methyl sites for hydroxylation is 2. The summed E-state index contributed by atoms with van der Waals surface area (Å²) < 4.78 is 40.2. The summed E-state index contributed by atoms with van der Waals surface area (Å²) in [6, 6.07) is 0. The molecule has 1 aromatic rings. The highest BCUT2D eigenvalue weighted by molar-refractivity contribution is 5.86. The van der Waals surface area contributed by atoms with E-state index in [0.29, 0.717) is 44.6 Å². The quantitative estimate of drug-likeness (QED) is 0.782. The van der Waals surface area contributed by atoms with Gasteiger partial charge in [-0.2, -0.15) is 13.2 Å². The summed E-state index contributed by atoms with van der Waals surface area (Å²) in [5, 5.41) is 0. The number of amides is 2. The van der Waals surface area contributed by atoms with Gasteiger partial charge < -0.3 is 9.80 Å². The van der Waals surface area contributed by atoms with E-state index in [0.717, 1.165) is 0 Å². The number of aromatic nitrogens is 2. The Morgan fingerprint density at radius 1 is 1.26 bits per heavy atom. The van der Waals surface area contributed by atoms with Gasteiger partial charge in [-0.3, -0.25) is 9.59 Å². The summed E-state index contributed by atoms with van der Waals surface area (Å²) in [5.41, 5.74) is -0.538. The van der Waals surface area contributed by atoms with Gasteiger partial charge in [-0.1, -0.05) is 0 Å². The molecule has 2 amide bonds. The first-order valence-electron chi connectivity index (χ1n) is 9.20. The first-order chi connectivity index (χ1) is 12.7. The molecule has 0 radical (unpaired) electrons. The normalized spacial score (nSPS) is 21.1. The third-order valence-electron chi connectivity index (χ3n) is 5.23. The zero-order valence-corrected chi connectivity index (χ0v) is 15.5. The van der Waals surface area contributed by atoms with E-state index in [9.17, 15) is 22.8 Å². The Morgan fingerprint density at radius 3 is 2.67 bits per heavy atom. The molecule has 3 rings (SSSR count). The van der Waals surface area contributed by atoms with Crippen LogP contribution in [0.5, 0.6) is 0 Å². The maximum absolute atomic E-state index is 13.4. The molecule has 0 bridgehead atoms. The van der Waals surface area contributed by atoms with Gasteiger partial charge in [0.2, 0.25) is 11.8 Å². The summed E-state index contributed by atoms with van der Waals surface area (Å²) in [6.07, 6.45) is -3.21. The number of fused-ring (bicyclic) bond motifs is 1. The van der Waals surface area contributed by atoms with Crippen molar-refractivity contribution in [3.05, 3.63) is 22.8 Å². The lowest BCUT2D eigenvalue weighted by Crippen LogP contribution is -2.43. The van der Waals surface area contributed by atoms with Crippen LogP contribution in [-0.4, -0.2) is 57.8 Å². The highest BCUT2D eigenvalue weighted by atomic mass is 19.4. The minimum atomic E-state index is -4.58. The molecule has 2 heterocycles. The molecule has 1 atom stereocenters. The highest BCUT2D eigenvalue weighted by Crippen LogP contribution is 2.36. The standard InChI is InChI=1S/C18H23F3N4O2/c1-3-24-7-4-8-25(10-15(24)26)17(27)12-5-6-14-13(9-12)16(18(19,20)21)23-11(2)22-14/h12H,3-10H2,1-2H3. The van der Waals surface area contributed by atoms with Crippen LogP contribution in [0.15, 0.2) is 0 Å². The average Bonchev–Trinajstić information content (AvgIpc) is 2.80. The summed E-state index contributed by atoms with van der Waals surface area (Å²) in [6.45, 7) is 4.94.